The molecule has 0 saturated carbocycles. The maximum Gasteiger partial charge on any atom is 0.234 e. The third-order valence-electron chi connectivity index (χ3n) is 3.14. The number of carbonyl (C=O) groups excluding carboxylic acids is 2. The third kappa shape index (κ3) is 1.37. The highest BCUT2D eigenvalue weighted by atomic mass is 16.5. The smallest absolute Gasteiger partial charge is 0.234 e. The van der Waals surface area contributed by atoms with Crippen LogP contribution in [0.25, 0.3) is 11.1 Å². The molecule has 0 amide bonds. The second-order valence-corrected chi connectivity index (χ2v) is 4.12. The number of benzene rings is 2. The summed E-state index contributed by atoms with van der Waals surface area (Å²) >= 11 is 0. The molecule has 18 heavy (non-hydrogen) atoms. The number of rotatable bonds is 1. The Balaban J connectivity index is 2.33. The Morgan fingerprint density at radius 2 is 1.39 bits per heavy atom. The van der Waals surface area contributed by atoms with Gasteiger partial charge in [-0.2, -0.15) is 0 Å². The first-order valence-corrected chi connectivity index (χ1v) is 5.59. The summed E-state index contributed by atoms with van der Waals surface area (Å²) in [5, 5.41) is 0. The minimum absolute atomic E-state index is 0.415. The maximum absolute atomic E-state index is 12.0. The van der Waals surface area contributed by atoms with E-state index in [1.807, 2.05) is 18.2 Å². The molecule has 0 radical (unpaired) electrons. The van der Waals surface area contributed by atoms with Gasteiger partial charge in [-0.15, -0.1) is 0 Å². The molecule has 0 N–H and O–H groups in total. The average molecular weight is 238 g/mol. The van der Waals surface area contributed by atoms with Crippen molar-refractivity contribution < 1.29 is 14.3 Å². The van der Waals surface area contributed by atoms with E-state index in [2.05, 4.69) is 0 Å². The zero-order valence-electron chi connectivity index (χ0n) is 9.77. The molecule has 3 heteroatoms. The number of Topliss-reactive ketones (excluding diaryl/α,β-unsaturated/α-hetero) is 2. The summed E-state index contributed by atoms with van der Waals surface area (Å²) in [6, 6.07) is 12.4. The van der Waals surface area contributed by atoms with Gasteiger partial charge in [-0.1, -0.05) is 24.3 Å². The topological polar surface area (TPSA) is 43.4 Å². The van der Waals surface area contributed by atoms with Crippen molar-refractivity contribution in [2.45, 2.75) is 0 Å². The number of carbonyl (C=O) groups is 2. The number of hydrogen-bond acceptors (Lipinski definition) is 3. The molecule has 3 nitrogen and oxygen atoms in total. The van der Waals surface area contributed by atoms with Gasteiger partial charge in [0.2, 0.25) is 11.6 Å². The van der Waals surface area contributed by atoms with Gasteiger partial charge in [-0.25, -0.2) is 0 Å². The van der Waals surface area contributed by atoms with E-state index in [1.165, 1.54) is 7.11 Å². The van der Waals surface area contributed by atoms with Crippen LogP contribution in [0.5, 0.6) is 5.75 Å². The molecule has 0 fully saturated rings. The highest BCUT2D eigenvalue weighted by Crippen LogP contribution is 2.35. The number of hydrogen-bond donors (Lipinski definition) is 0. The Bertz CT molecular complexity index is 671. The van der Waals surface area contributed by atoms with Gasteiger partial charge in [-0.05, 0) is 29.3 Å². The SMILES string of the molecule is COc1ccc2c(c1)C(=O)C(=O)c1ccccc1-2. The van der Waals surface area contributed by atoms with E-state index in [-0.39, 0.29) is 0 Å². The lowest BCUT2D eigenvalue weighted by Crippen LogP contribution is -2.21. The molecule has 0 atom stereocenters. The lowest BCUT2D eigenvalue weighted by molar-refractivity contribution is 0.0815. The Kier molecular flexibility index (Phi) is 2.27. The summed E-state index contributed by atoms with van der Waals surface area (Å²) < 4.78 is 5.09. The predicted octanol–water partition coefficient (Wildman–Crippen LogP) is 2.74. The van der Waals surface area contributed by atoms with Crippen LogP contribution in [0.2, 0.25) is 0 Å². The lowest BCUT2D eigenvalue weighted by Gasteiger charge is -2.18. The molecule has 0 aromatic heterocycles. The summed E-state index contributed by atoms with van der Waals surface area (Å²) in [5.41, 5.74) is 2.48. The fraction of sp³-hybridized carbons (Fsp3) is 0.0667. The Morgan fingerprint density at radius 1 is 0.778 bits per heavy atom. The highest BCUT2D eigenvalue weighted by Gasteiger charge is 2.30. The summed E-state index contributed by atoms with van der Waals surface area (Å²) in [6.07, 6.45) is 0. The summed E-state index contributed by atoms with van der Waals surface area (Å²) in [6.45, 7) is 0. The summed E-state index contributed by atoms with van der Waals surface area (Å²) in [4.78, 5) is 24.0. The average Bonchev–Trinajstić information content (AvgIpc) is 2.44. The standard InChI is InChI=1S/C15H10O3/c1-18-9-6-7-11-10-4-2-3-5-12(10)14(16)15(17)13(11)8-9/h2-8H,1H3. The van der Waals surface area contributed by atoms with Gasteiger partial charge < -0.3 is 4.74 Å². The van der Waals surface area contributed by atoms with Crippen molar-refractivity contribution in [1.82, 2.24) is 0 Å². The molecular formula is C15H10O3. The van der Waals surface area contributed by atoms with Crippen LogP contribution in [0.4, 0.5) is 0 Å². The van der Waals surface area contributed by atoms with Gasteiger partial charge >= 0.3 is 0 Å². The van der Waals surface area contributed by atoms with Gasteiger partial charge in [0, 0.05) is 11.1 Å². The van der Waals surface area contributed by atoms with Gasteiger partial charge in [0.15, 0.2) is 0 Å². The van der Waals surface area contributed by atoms with Crippen molar-refractivity contribution in [2.24, 2.45) is 0 Å². The Labute approximate surface area is 104 Å². The van der Waals surface area contributed by atoms with Crippen molar-refractivity contribution >= 4 is 11.6 Å². The zero-order chi connectivity index (χ0) is 12.7. The van der Waals surface area contributed by atoms with Crippen molar-refractivity contribution in [2.75, 3.05) is 7.11 Å². The van der Waals surface area contributed by atoms with E-state index in [0.717, 1.165) is 11.1 Å². The monoisotopic (exact) mass is 238 g/mol. The molecule has 1 aliphatic carbocycles. The Morgan fingerprint density at radius 3 is 2.11 bits per heavy atom. The van der Waals surface area contributed by atoms with E-state index in [4.69, 9.17) is 4.74 Å². The van der Waals surface area contributed by atoms with Gasteiger partial charge in [0.1, 0.15) is 5.75 Å². The van der Waals surface area contributed by atoms with Crippen molar-refractivity contribution in [3.8, 4) is 16.9 Å². The van der Waals surface area contributed by atoms with Crippen LogP contribution in [0.1, 0.15) is 20.7 Å². The maximum atomic E-state index is 12.0. The van der Waals surface area contributed by atoms with Crippen molar-refractivity contribution in [3.63, 3.8) is 0 Å². The molecular weight excluding hydrogens is 228 g/mol. The molecule has 2 aromatic carbocycles. The molecule has 2 aromatic rings. The molecule has 3 rings (SSSR count). The number of methoxy groups -OCH3 is 1. The van der Waals surface area contributed by atoms with Crippen LogP contribution in [0.15, 0.2) is 42.5 Å². The number of fused-ring (bicyclic) bond motifs is 3. The minimum atomic E-state index is -0.470. The van der Waals surface area contributed by atoms with Crippen molar-refractivity contribution in [3.05, 3.63) is 53.6 Å². The first-order valence-electron chi connectivity index (χ1n) is 5.59. The highest BCUT2D eigenvalue weighted by molar-refractivity contribution is 6.53. The van der Waals surface area contributed by atoms with Gasteiger partial charge in [0.05, 0.1) is 7.11 Å². The second kappa shape index (κ2) is 3.81. The van der Waals surface area contributed by atoms with Crippen LogP contribution in [-0.2, 0) is 0 Å². The fourth-order valence-electron chi connectivity index (χ4n) is 2.23. The largest absolute Gasteiger partial charge is 0.497 e. The van der Waals surface area contributed by atoms with Crippen LogP contribution >= 0.6 is 0 Å². The van der Waals surface area contributed by atoms with Gasteiger partial charge in [-0.3, -0.25) is 9.59 Å². The number of ketones is 2. The quantitative estimate of drug-likeness (QED) is 0.717. The number of ether oxygens (including phenoxy) is 1. The first kappa shape index (κ1) is 10.7. The molecule has 0 heterocycles. The van der Waals surface area contributed by atoms with Crippen LogP contribution in [0.3, 0.4) is 0 Å². The van der Waals surface area contributed by atoms with Gasteiger partial charge in [0.25, 0.3) is 0 Å². The molecule has 0 saturated heterocycles. The molecule has 0 spiro atoms. The normalized spacial score (nSPS) is 12.9. The van der Waals surface area contributed by atoms with E-state index in [9.17, 15) is 9.59 Å². The van der Waals surface area contributed by atoms with E-state index in [0.29, 0.717) is 16.9 Å². The Hall–Kier alpha value is -2.42. The lowest BCUT2D eigenvalue weighted by atomic mass is 9.84. The molecule has 0 aliphatic heterocycles. The first-order chi connectivity index (χ1) is 8.72. The zero-order valence-corrected chi connectivity index (χ0v) is 9.77. The summed E-state index contributed by atoms with van der Waals surface area (Å²) in [7, 11) is 1.53. The van der Waals surface area contributed by atoms with E-state index >= 15 is 0 Å². The van der Waals surface area contributed by atoms with E-state index < -0.39 is 11.6 Å². The second-order valence-electron chi connectivity index (χ2n) is 4.12. The third-order valence-corrected chi connectivity index (χ3v) is 3.14. The molecule has 1 aliphatic rings. The van der Waals surface area contributed by atoms with Crippen LogP contribution < -0.4 is 4.74 Å². The fourth-order valence-corrected chi connectivity index (χ4v) is 2.23. The minimum Gasteiger partial charge on any atom is -0.497 e. The van der Waals surface area contributed by atoms with Crippen LogP contribution in [-0.4, -0.2) is 18.7 Å². The summed E-state index contributed by atoms with van der Waals surface area (Å²) in [5.74, 6) is -0.344. The predicted molar refractivity (Wildman–Crippen MR) is 67.1 cm³/mol. The van der Waals surface area contributed by atoms with Crippen molar-refractivity contribution in [1.29, 1.82) is 0 Å². The molecule has 88 valence electrons. The molecule has 0 bridgehead atoms. The van der Waals surface area contributed by atoms with E-state index in [1.54, 1.807) is 24.3 Å². The molecule has 0 unspecified atom stereocenters. The van der Waals surface area contributed by atoms with Crippen LogP contribution in [0, 0.1) is 0 Å².